The summed E-state index contributed by atoms with van der Waals surface area (Å²) in [6.45, 7) is 0.586. The van der Waals surface area contributed by atoms with Crippen molar-refractivity contribution in [1.29, 1.82) is 0 Å². The molecule has 4 rings (SSSR count). The lowest BCUT2D eigenvalue weighted by Gasteiger charge is -2.32. The van der Waals surface area contributed by atoms with Gasteiger partial charge in [-0.05, 0) is 49.4 Å². The van der Waals surface area contributed by atoms with E-state index in [-0.39, 0.29) is 36.2 Å². The van der Waals surface area contributed by atoms with E-state index in [1.54, 1.807) is 23.1 Å². The number of hydrogen-bond acceptors (Lipinski definition) is 4. The number of anilines is 1. The van der Waals surface area contributed by atoms with Crippen LogP contribution in [0.4, 0.5) is 15.3 Å². The number of hydrogen-bond donors (Lipinski definition) is 3. The fraction of sp³-hybridized carbons (Fsp3) is 0.500. The Morgan fingerprint density at radius 1 is 1.23 bits per heavy atom. The number of esters is 1. The van der Waals surface area contributed by atoms with Gasteiger partial charge in [-0.3, -0.25) is 4.90 Å². The summed E-state index contributed by atoms with van der Waals surface area (Å²) < 4.78 is 4.75. The van der Waals surface area contributed by atoms with Gasteiger partial charge >= 0.3 is 18.0 Å². The van der Waals surface area contributed by atoms with Crippen LogP contribution < -0.4 is 20.9 Å². The van der Waals surface area contributed by atoms with Crippen molar-refractivity contribution < 1.29 is 19.1 Å². The number of ether oxygens (including phenoxy) is 1. The van der Waals surface area contributed by atoms with Crippen LogP contribution in [0.3, 0.4) is 0 Å². The van der Waals surface area contributed by atoms with E-state index in [1.807, 2.05) is 0 Å². The number of rotatable bonds is 2. The predicted molar refractivity (Wildman–Crippen MR) is 94.2 cm³/mol. The van der Waals surface area contributed by atoms with E-state index in [0.29, 0.717) is 18.5 Å². The number of nitrogens with zero attached hydrogens (tertiary/aromatic N) is 1. The maximum atomic E-state index is 12.7. The van der Waals surface area contributed by atoms with Crippen molar-refractivity contribution in [2.75, 3.05) is 18.6 Å². The average molecular weight is 358 g/mol. The molecule has 4 amide bonds. The number of urea groups is 2. The van der Waals surface area contributed by atoms with E-state index in [0.717, 1.165) is 30.5 Å². The van der Waals surface area contributed by atoms with E-state index < -0.39 is 0 Å². The smallest absolute Gasteiger partial charge is 0.337 e. The average Bonchev–Trinajstić information content (AvgIpc) is 3.22. The van der Waals surface area contributed by atoms with Crippen molar-refractivity contribution in [1.82, 2.24) is 16.0 Å². The van der Waals surface area contributed by atoms with Crippen LogP contribution in [-0.4, -0.2) is 49.8 Å². The Kier molecular flexibility index (Phi) is 4.18. The van der Waals surface area contributed by atoms with Gasteiger partial charge in [-0.15, -0.1) is 0 Å². The molecule has 3 N–H and O–H groups in total. The van der Waals surface area contributed by atoms with Gasteiger partial charge in [0.05, 0.1) is 24.8 Å². The van der Waals surface area contributed by atoms with E-state index >= 15 is 0 Å². The Morgan fingerprint density at radius 3 is 2.85 bits per heavy atom. The summed E-state index contributed by atoms with van der Waals surface area (Å²) in [6, 6.07) is 5.31. The molecule has 3 aliphatic rings. The molecule has 3 unspecified atom stereocenters. The third-order valence-corrected chi connectivity index (χ3v) is 5.45. The van der Waals surface area contributed by atoms with Crippen molar-refractivity contribution in [3.63, 3.8) is 0 Å². The van der Waals surface area contributed by atoms with Gasteiger partial charge in [0.15, 0.2) is 0 Å². The maximum Gasteiger partial charge on any atom is 0.337 e. The summed E-state index contributed by atoms with van der Waals surface area (Å²) in [7, 11) is 1.35. The summed E-state index contributed by atoms with van der Waals surface area (Å²) in [6.07, 6.45) is 3.14. The quantitative estimate of drug-likeness (QED) is 0.691. The first kappa shape index (κ1) is 16.7. The minimum atomic E-state index is -0.375. The molecule has 2 heterocycles. The van der Waals surface area contributed by atoms with Crippen LogP contribution in [-0.2, 0) is 11.2 Å². The van der Waals surface area contributed by atoms with Crippen LogP contribution in [0.1, 0.15) is 35.2 Å². The standard InChI is InChI=1S/C18H22N4O4/c1-26-16(23)11-2-5-15-10(8-11)6-7-22(15)18(25)19-12-3-4-13-14(9-12)21-17(24)20-13/h2,5,8,12-14H,3-4,6-7,9H2,1H3,(H,19,25)(H2,20,21,24). The third kappa shape index (κ3) is 2.95. The van der Waals surface area contributed by atoms with E-state index in [2.05, 4.69) is 16.0 Å². The van der Waals surface area contributed by atoms with Crippen LogP contribution in [0.25, 0.3) is 0 Å². The lowest BCUT2D eigenvalue weighted by molar-refractivity contribution is 0.0600. The molecule has 1 aromatic rings. The van der Waals surface area contributed by atoms with Crippen molar-refractivity contribution in [2.45, 2.75) is 43.8 Å². The van der Waals surface area contributed by atoms with Gasteiger partial charge in [-0.25, -0.2) is 14.4 Å². The highest BCUT2D eigenvalue weighted by Gasteiger charge is 2.38. The lowest BCUT2D eigenvalue weighted by Crippen LogP contribution is -2.51. The molecule has 1 aromatic carbocycles. The first-order chi connectivity index (χ1) is 12.5. The highest BCUT2D eigenvalue weighted by molar-refractivity contribution is 5.96. The summed E-state index contributed by atoms with van der Waals surface area (Å²) in [4.78, 5) is 37.5. The van der Waals surface area contributed by atoms with Crippen molar-refractivity contribution in [3.05, 3.63) is 29.3 Å². The Hall–Kier alpha value is -2.77. The molecule has 1 aliphatic carbocycles. The molecule has 0 bridgehead atoms. The topological polar surface area (TPSA) is 99.8 Å². The van der Waals surface area contributed by atoms with E-state index in [1.165, 1.54) is 7.11 Å². The largest absolute Gasteiger partial charge is 0.465 e. The summed E-state index contributed by atoms with van der Waals surface area (Å²) in [5.74, 6) is -0.375. The molecule has 1 saturated heterocycles. The van der Waals surface area contributed by atoms with Crippen LogP contribution in [0, 0.1) is 0 Å². The zero-order valence-corrected chi connectivity index (χ0v) is 14.6. The van der Waals surface area contributed by atoms with E-state index in [9.17, 15) is 14.4 Å². The molecule has 0 radical (unpaired) electrons. The monoisotopic (exact) mass is 358 g/mol. The first-order valence-electron chi connectivity index (χ1n) is 8.91. The molecule has 26 heavy (non-hydrogen) atoms. The summed E-state index contributed by atoms with van der Waals surface area (Å²) >= 11 is 0. The van der Waals surface area contributed by atoms with Crippen LogP contribution in [0.2, 0.25) is 0 Å². The molecular weight excluding hydrogens is 336 g/mol. The molecule has 0 spiro atoms. The van der Waals surface area contributed by atoms with E-state index in [4.69, 9.17) is 4.74 Å². The van der Waals surface area contributed by atoms with Crippen molar-refractivity contribution in [2.24, 2.45) is 0 Å². The number of methoxy groups -OCH3 is 1. The zero-order valence-electron chi connectivity index (χ0n) is 14.6. The maximum absolute atomic E-state index is 12.7. The second-order valence-electron chi connectivity index (χ2n) is 7.03. The molecular formula is C18H22N4O4. The van der Waals surface area contributed by atoms with Gasteiger partial charge in [0.25, 0.3) is 0 Å². The predicted octanol–water partition coefficient (Wildman–Crippen LogP) is 1.15. The number of fused-ring (bicyclic) bond motifs is 2. The number of carbonyl (C=O) groups excluding carboxylic acids is 3. The molecule has 8 heteroatoms. The Labute approximate surface area is 151 Å². The summed E-state index contributed by atoms with van der Waals surface area (Å²) in [5, 5.41) is 8.91. The first-order valence-corrected chi connectivity index (χ1v) is 8.91. The number of benzene rings is 1. The normalized spacial score (nSPS) is 26.4. The second-order valence-corrected chi connectivity index (χ2v) is 7.03. The zero-order chi connectivity index (χ0) is 18.3. The van der Waals surface area contributed by atoms with Gasteiger partial charge in [-0.1, -0.05) is 0 Å². The number of nitrogens with one attached hydrogen (secondary N) is 3. The molecule has 1 saturated carbocycles. The van der Waals surface area contributed by atoms with Crippen LogP contribution in [0.5, 0.6) is 0 Å². The fourth-order valence-electron chi connectivity index (χ4n) is 4.12. The van der Waals surface area contributed by atoms with Gasteiger partial charge in [0, 0.05) is 18.3 Å². The molecule has 138 valence electrons. The highest BCUT2D eigenvalue weighted by Crippen LogP contribution is 2.30. The van der Waals surface area contributed by atoms with Gasteiger partial charge in [0.2, 0.25) is 0 Å². The van der Waals surface area contributed by atoms with Crippen molar-refractivity contribution in [3.8, 4) is 0 Å². The fourth-order valence-corrected chi connectivity index (χ4v) is 4.12. The summed E-state index contributed by atoms with van der Waals surface area (Å²) in [5.41, 5.74) is 2.30. The third-order valence-electron chi connectivity index (χ3n) is 5.45. The number of carbonyl (C=O) groups is 3. The highest BCUT2D eigenvalue weighted by atomic mass is 16.5. The van der Waals surface area contributed by atoms with Gasteiger partial charge in [-0.2, -0.15) is 0 Å². The Bertz CT molecular complexity index is 766. The number of amides is 4. The SMILES string of the molecule is COC(=O)c1ccc2c(c1)CCN2C(=O)NC1CCC2NC(=O)NC2C1. The molecule has 3 atom stereocenters. The minimum Gasteiger partial charge on any atom is -0.465 e. The van der Waals surface area contributed by atoms with Gasteiger partial charge < -0.3 is 20.7 Å². The van der Waals surface area contributed by atoms with Crippen LogP contribution >= 0.6 is 0 Å². The lowest BCUT2D eigenvalue weighted by atomic mass is 9.88. The molecule has 2 aliphatic heterocycles. The molecule has 0 aromatic heterocycles. The second kappa shape index (κ2) is 6.51. The Morgan fingerprint density at radius 2 is 2.04 bits per heavy atom. The molecule has 8 nitrogen and oxygen atoms in total. The van der Waals surface area contributed by atoms with Gasteiger partial charge in [0.1, 0.15) is 0 Å². The van der Waals surface area contributed by atoms with Crippen molar-refractivity contribution >= 4 is 23.7 Å². The molecule has 2 fully saturated rings. The van der Waals surface area contributed by atoms with Crippen LogP contribution in [0.15, 0.2) is 18.2 Å². The minimum absolute atomic E-state index is 0.0438. The Balaban J connectivity index is 1.41.